The van der Waals surface area contributed by atoms with Gasteiger partial charge in [0.25, 0.3) is 0 Å². The van der Waals surface area contributed by atoms with Crippen LogP contribution in [0.15, 0.2) is 47.2 Å². The van der Waals surface area contributed by atoms with Crippen LogP contribution >= 0.6 is 0 Å². The van der Waals surface area contributed by atoms with Crippen LogP contribution in [-0.2, 0) is 15.6 Å². The Balaban J connectivity index is 1.26. The van der Waals surface area contributed by atoms with Gasteiger partial charge in [-0.15, -0.1) is 0 Å². The number of benzene rings is 1. The largest absolute Gasteiger partial charge is 0.380 e. The van der Waals surface area contributed by atoms with Crippen molar-refractivity contribution in [3.8, 4) is 11.4 Å². The summed E-state index contributed by atoms with van der Waals surface area (Å²) in [5, 5.41) is 16.6. The maximum atomic E-state index is 12.6. The fourth-order valence-corrected chi connectivity index (χ4v) is 8.43. The molecule has 9 nitrogen and oxygen atoms in total. The molecule has 2 saturated heterocycles. The Labute approximate surface area is 236 Å². The van der Waals surface area contributed by atoms with Gasteiger partial charge in [0.1, 0.15) is 5.60 Å². The lowest BCUT2D eigenvalue weighted by Gasteiger charge is -2.55. The molecular formula is C30H39N5O4S. The molecule has 0 radical (unpaired) electrons. The van der Waals surface area contributed by atoms with Crippen molar-refractivity contribution in [3.63, 3.8) is 0 Å². The zero-order valence-corrected chi connectivity index (χ0v) is 24.6. The molecule has 214 valence electrons. The summed E-state index contributed by atoms with van der Waals surface area (Å²) in [4.78, 5) is 11.4. The quantitative estimate of drug-likeness (QED) is 0.434. The average Bonchev–Trinajstić information content (AvgIpc) is 3.69. The van der Waals surface area contributed by atoms with Gasteiger partial charge in [-0.1, -0.05) is 50.2 Å². The number of sulfonamides is 1. The van der Waals surface area contributed by atoms with Gasteiger partial charge in [0, 0.05) is 61.0 Å². The number of hydrogen-bond acceptors (Lipinski definition) is 8. The van der Waals surface area contributed by atoms with Crippen molar-refractivity contribution in [2.75, 3.05) is 33.2 Å². The lowest BCUT2D eigenvalue weighted by molar-refractivity contribution is -0.127. The summed E-state index contributed by atoms with van der Waals surface area (Å²) in [5.74, 6) is 1.37. The van der Waals surface area contributed by atoms with E-state index in [1.165, 1.54) is 5.56 Å². The molecule has 3 fully saturated rings. The molecule has 40 heavy (non-hydrogen) atoms. The highest BCUT2D eigenvalue weighted by Crippen LogP contribution is 2.50. The predicted molar refractivity (Wildman–Crippen MR) is 152 cm³/mol. The Morgan fingerprint density at radius 1 is 1.05 bits per heavy atom. The highest BCUT2D eigenvalue weighted by Gasteiger charge is 2.55. The van der Waals surface area contributed by atoms with E-state index in [0.29, 0.717) is 54.7 Å². The lowest BCUT2D eigenvalue weighted by atomic mass is 9.62. The molecule has 3 aliphatic rings. The second-order valence-electron chi connectivity index (χ2n) is 12.6. The van der Waals surface area contributed by atoms with E-state index in [-0.39, 0.29) is 11.2 Å². The van der Waals surface area contributed by atoms with Gasteiger partial charge in [-0.25, -0.2) is 12.7 Å². The highest BCUT2D eigenvalue weighted by molar-refractivity contribution is 7.90. The van der Waals surface area contributed by atoms with E-state index >= 15 is 0 Å². The van der Waals surface area contributed by atoms with Gasteiger partial charge in [-0.2, -0.15) is 4.98 Å². The molecular weight excluding hydrogens is 526 g/mol. The third-order valence-electron chi connectivity index (χ3n) is 9.07. The van der Waals surface area contributed by atoms with E-state index in [2.05, 4.69) is 55.0 Å². The molecule has 10 heteroatoms. The summed E-state index contributed by atoms with van der Waals surface area (Å²) >= 11 is 0. The first-order chi connectivity index (χ1) is 19.0. The second kappa shape index (κ2) is 10.0. The number of aromatic nitrogens is 3. The lowest BCUT2D eigenvalue weighted by Crippen LogP contribution is -2.63. The molecule has 0 bridgehead atoms. The van der Waals surface area contributed by atoms with Gasteiger partial charge in [-0.05, 0) is 55.8 Å². The number of hydrogen-bond donors (Lipinski definition) is 1. The smallest absolute Gasteiger partial charge is 0.230 e. The average molecular weight is 566 g/mol. The van der Waals surface area contributed by atoms with Crippen LogP contribution in [0, 0.1) is 5.41 Å². The monoisotopic (exact) mass is 565 g/mol. The van der Waals surface area contributed by atoms with E-state index < -0.39 is 21.0 Å². The molecule has 2 aliphatic heterocycles. The number of rotatable bonds is 8. The zero-order valence-electron chi connectivity index (χ0n) is 23.7. The van der Waals surface area contributed by atoms with E-state index in [1.807, 2.05) is 18.2 Å². The molecule has 4 heterocycles. The Morgan fingerprint density at radius 3 is 2.33 bits per heavy atom. The number of pyridine rings is 1. The summed E-state index contributed by atoms with van der Waals surface area (Å²) < 4.78 is 32.5. The fourth-order valence-electron chi connectivity index (χ4n) is 6.56. The van der Waals surface area contributed by atoms with E-state index in [1.54, 1.807) is 16.7 Å². The molecule has 0 unspecified atom stereocenters. The van der Waals surface area contributed by atoms with Crippen molar-refractivity contribution in [2.45, 2.75) is 69.1 Å². The minimum atomic E-state index is -3.16. The van der Waals surface area contributed by atoms with Crippen LogP contribution in [0.5, 0.6) is 0 Å². The number of nitrogens with zero attached hydrogens (tertiary/aromatic N) is 5. The summed E-state index contributed by atoms with van der Waals surface area (Å²) in [5.41, 5.74) is 1.78. The Kier molecular flexibility index (Phi) is 6.88. The predicted octanol–water partition coefficient (Wildman–Crippen LogP) is 4.11. The molecule has 1 saturated carbocycles. The molecule has 1 N–H and O–H groups in total. The van der Waals surface area contributed by atoms with Gasteiger partial charge in [-0.3, -0.25) is 4.98 Å². The molecule has 0 amide bonds. The van der Waals surface area contributed by atoms with Gasteiger partial charge < -0.3 is 14.5 Å². The van der Waals surface area contributed by atoms with Gasteiger partial charge in [0.15, 0.2) is 0 Å². The van der Waals surface area contributed by atoms with Crippen LogP contribution in [0.4, 0.5) is 0 Å². The Hall–Kier alpha value is -2.66. The number of piperidine rings is 1. The first kappa shape index (κ1) is 27.5. The summed E-state index contributed by atoms with van der Waals surface area (Å²) in [6.07, 6.45) is 6.29. The molecule has 1 aliphatic carbocycles. The van der Waals surface area contributed by atoms with E-state index in [9.17, 15) is 13.5 Å². The normalized spacial score (nSPS) is 22.2. The van der Waals surface area contributed by atoms with Crippen LogP contribution < -0.4 is 0 Å². The fraction of sp³-hybridized carbons (Fsp3) is 0.567. The summed E-state index contributed by atoms with van der Waals surface area (Å²) in [7, 11) is -1.10. The van der Waals surface area contributed by atoms with E-state index in [4.69, 9.17) is 9.51 Å². The molecule has 1 atom stereocenters. The van der Waals surface area contributed by atoms with Crippen molar-refractivity contribution in [1.82, 2.24) is 24.3 Å². The molecule has 2 aromatic heterocycles. The molecule has 6 rings (SSSR count). The summed E-state index contributed by atoms with van der Waals surface area (Å²) in [6.45, 7) is 8.91. The topological polar surface area (TPSA) is 113 Å². The van der Waals surface area contributed by atoms with Crippen LogP contribution in [0.1, 0.15) is 80.9 Å². The van der Waals surface area contributed by atoms with Gasteiger partial charge in [0.2, 0.25) is 21.7 Å². The Morgan fingerprint density at radius 2 is 1.73 bits per heavy atom. The first-order valence-corrected chi connectivity index (χ1v) is 15.8. The van der Waals surface area contributed by atoms with Crippen molar-refractivity contribution >= 4 is 10.0 Å². The zero-order chi connectivity index (χ0) is 28.3. The molecule has 0 spiro atoms. The third kappa shape index (κ3) is 4.68. The van der Waals surface area contributed by atoms with Crippen LogP contribution in [0.2, 0.25) is 0 Å². The van der Waals surface area contributed by atoms with Crippen LogP contribution in [-0.4, -0.2) is 76.3 Å². The van der Waals surface area contributed by atoms with E-state index in [0.717, 1.165) is 31.5 Å². The van der Waals surface area contributed by atoms with Crippen molar-refractivity contribution in [1.29, 1.82) is 0 Å². The maximum Gasteiger partial charge on any atom is 0.230 e. The minimum Gasteiger partial charge on any atom is -0.380 e. The Bertz CT molecular complexity index is 1470. The van der Waals surface area contributed by atoms with Gasteiger partial charge >= 0.3 is 0 Å². The highest BCUT2D eigenvalue weighted by atomic mass is 32.2. The second-order valence-corrected chi connectivity index (χ2v) is 14.8. The first-order valence-electron chi connectivity index (χ1n) is 14.3. The SMILES string of the molecule is CC(C)c1ccc([C@](O)(c2cncc(-c3noc(C4CCN(S(=O)(=O)C5CC5)CC4)n3)c2)C2(C)CN(C)C2)cc1. The molecule has 3 aromatic rings. The standard InChI is InChI=1S/C30H39N5O4S/c1-20(2)21-5-7-24(8-6-21)30(36,29(3)18-34(4)19-29)25-15-23(16-31-17-25)27-32-28(39-33-27)22-11-13-35(14-12-22)40(37,38)26-9-10-26/h5-8,15-17,20,22,26,36H,9-14,18-19H2,1-4H3/t30-/m0/s1. The summed E-state index contributed by atoms with van der Waals surface area (Å²) in [6, 6.07) is 10.2. The number of likely N-dealkylation sites (tertiary alicyclic amines) is 1. The maximum absolute atomic E-state index is 12.6. The molecule has 1 aromatic carbocycles. The van der Waals surface area contributed by atoms with Crippen LogP contribution in [0.3, 0.4) is 0 Å². The van der Waals surface area contributed by atoms with Crippen molar-refractivity contribution in [2.24, 2.45) is 5.41 Å². The third-order valence-corrected chi connectivity index (χ3v) is 11.5. The van der Waals surface area contributed by atoms with Crippen molar-refractivity contribution in [3.05, 3.63) is 65.3 Å². The minimum absolute atomic E-state index is 0.0175. The van der Waals surface area contributed by atoms with Crippen molar-refractivity contribution < 1.29 is 18.0 Å². The number of aliphatic hydroxyl groups is 1. The van der Waals surface area contributed by atoms with Crippen LogP contribution in [0.25, 0.3) is 11.4 Å². The van der Waals surface area contributed by atoms with Gasteiger partial charge in [0.05, 0.1) is 5.25 Å².